The second-order valence-electron chi connectivity index (χ2n) is 4.21. The molecule has 1 unspecified atom stereocenters. The lowest BCUT2D eigenvalue weighted by atomic mass is 9.78. The van der Waals surface area contributed by atoms with Crippen molar-refractivity contribution in [2.45, 2.75) is 38.5 Å². The van der Waals surface area contributed by atoms with Crippen LogP contribution < -0.4 is 0 Å². The minimum Gasteiger partial charge on any atom is -0.468 e. The van der Waals surface area contributed by atoms with Crippen LogP contribution in [0.1, 0.15) is 38.5 Å². The number of ether oxygens (including phenoxy) is 1. The van der Waals surface area contributed by atoms with E-state index in [0.717, 1.165) is 44.1 Å². The first-order chi connectivity index (χ1) is 7.17. The van der Waals surface area contributed by atoms with Crippen molar-refractivity contribution in [3.05, 3.63) is 24.8 Å². The van der Waals surface area contributed by atoms with Gasteiger partial charge in [0.2, 0.25) is 0 Å². The van der Waals surface area contributed by atoms with Crippen LogP contribution in [0, 0.1) is 5.41 Å². The fourth-order valence-corrected chi connectivity index (χ4v) is 2.41. The minimum atomic E-state index is -0.391. The van der Waals surface area contributed by atoms with Gasteiger partial charge in [0.05, 0.1) is 12.5 Å². The van der Waals surface area contributed by atoms with Gasteiger partial charge in [0.1, 0.15) is 0 Å². The molecule has 0 radical (unpaired) electrons. The van der Waals surface area contributed by atoms with Gasteiger partial charge in [-0.25, -0.2) is 0 Å². The summed E-state index contributed by atoms with van der Waals surface area (Å²) < 4.78 is 4.91. The molecule has 1 aliphatic carbocycles. The van der Waals surface area contributed by atoms with Crippen LogP contribution in [0.3, 0.4) is 0 Å². The van der Waals surface area contributed by atoms with E-state index in [1.165, 1.54) is 7.11 Å². The zero-order chi connectivity index (χ0) is 11.3. The van der Waals surface area contributed by atoms with Gasteiger partial charge in [-0.1, -0.05) is 18.2 Å². The van der Waals surface area contributed by atoms with Gasteiger partial charge in [-0.05, 0) is 38.5 Å². The molecule has 0 bridgehead atoms. The zero-order valence-electron chi connectivity index (χ0n) is 9.55. The van der Waals surface area contributed by atoms with Crippen molar-refractivity contribution >= 4 is 5.97 Å². The van der Waals surface area contributed by atoms with Crippen molar-refractivity contribution in [2.75, 3.05) is 7.11 Å². The summed E-state index contributed by atoms with van der Waals surface area (Å²) in [5, 5.41) is 0. The molecule has 0 aromatic carbocycles. The molecular formula is C13H20O2. The van der Waals surface area contributed by atoms with Crippen molar-refractivity contribution in [1.29, 1.82) is 0 Å². The summed E-state index contributed by atoms with van der Waals surface area (Å²) in [6.07, 6.45) is 7.59. The normalized spacial score (nSPS) is 25.3. The Hall–Kier alpha value is -1.05. The third-order valence-electron chi connectivity index (χ3n) is 3.35. The summed E-state index contributed by atoms with van der Waals surface area (Å²) in [4.78, 5) is 11.8. The maximum absolute atomic E-state index is 11.8. The highest BCUT2D eigenvalue weighted by Gasteiger charge is 2.44. The number of carbonyl (C=O) groups is 1. The third kappa shape index (κ3) is 2.31. The van der Waals surface area contributed by atoms with Crippen LogP contribution in [0.15, 0.2) is 24.8 Å². The number of esters is 1. The average Bonchev–Trinajstić information content (AvgIpc) is 2.61. The van der Waals surface area contributed by atoms with E-state index >= 15 is 0 Å². The first kappa shape index (κ1) is 12.0. The highest BCUT2D eigenvalue weighted by atomic mass is 16.5. The predicted octanol–water partition coefficient (Wildman–Crippen LogP) is 3.24. The Balaban J connectivity index is 2.72. The van der Waals surface area contributed by atoms with E-state index in [-0.39, 0.29) is 5.97 Å². The Morgan fingerprint density at radius 2 is 2.40 bits per heavy atom. The van der Waals surface area contributed by atoms with E-state index in [4.69, 9.17) is 4.74 Å². The Morgan fingerprint density at radius 1 is 1.67 bits per heavy atom. The van der Waals surface area contributed by atoms with Crippen LogP contribution in [-0.2, 0) is 9.53 Å². The predicted molar refractivity (Wildman–Crippen MR) is 61.5 cm³/mol. The van der Waals surface area contributed by atoms with Crippen LogP contribution >= 0.6 is 0 Å². The fourth-order valence-electron chi connectivity index (χ4n) is 2.41. The van der Waals surface area contributed by atoms with Gasteiger partial charge in [0.15, 0.2) is 0 Å². The van der Waals surface area contributed by atoms with E-state index in [0.29, 0.717) is 0 Å². The standard InChI is InChI=1S/C13H20O2/c1-4-5-6-9-13(12(14)15-3)10-7-8-11(13)2/h4H,1-2,5-10H2,3H3. The second kappa shape index (κ2) is 5.15. The largest absolute Gasteiger partial charge is 0.468 e. The number of rotatable bonds is 5. The molecule has 0 aromatic heterocycles. The fraction of sp³-hybridized carbons (Fsp3) is 0.615. The quantitative estimate of drug-likeness (QED) is 0.394. The average molecular weight is 208 g/mol. The summed E-state index contributed by atoms with van der Waals surface area (Å²) in [6, 6.07) is 0. The van der Waals surface area contributed by atoms with E-state index in [9.17, 15) is 4.79 Å². The summed E-state index contributed by atoms with van der Waals surface area (Å²) in [6.45, 7) is 7.72. The highest BCUT2D eigenvalue weighted by molar-refractivity contribution is 5.81. The Kier molecular flexibility index (Phi) is 4.13. The number of hydrogen-bond donors (Lipinski definition) is 0. The lowest BCUT2D eigenvalue weighted by molar-refractivity contribution is -0.150. The second-order valence-corrected chi connectivity index (χ2v) is 4.21. The number of allylic oxidation sites excluding steroid dienone is 1. The van der Waals surface area contributed by atoms with Gasteiger partial charge in [0, 0.05) is 0 Å². The molecule has 0 saturated heterocycles. The monoisotopic (exact) mass is 208 g/mol. The zero-order valence-corrected chi connectivity index (χ0v) is 9.55. The molecule has 0 heterocycles. The first-order valence-electron chi connectivity index (χ1n) is 5.55. The Labute approximate surface area is 92.0 Å². The molecule has 84 valence electrons. The lowest BCUT2D eigenvalue weighted by Crippen LogP contribution is -2.30. The minimum absolute atomic E-state index is 0.103. The summed E-state index contributed by atoms with van der Waals surface area (Å²) in [5.74, 6) is -0.103. The maximum atomic E-state index is 11.8. The summed E-state index contributed by atoms with van der Waals surface area (Å²) in [5.41, 5.74) is 0.663. The molecule has 0 spiro atoms. The van der Waals surface area contributed by atoms with Gasteiger partial charge >= 0.3 is 5.97 Å². The van der Waals surface area contributed by atoms with Gasteiger partial charge < -0.3 is 4.74 Å². The van der Waals surface area contributed by atoms with Crippen LogP contribution in [-0.4, -0.2) is 13.1 Å². The third-order valence-corrected chi connectivity index (χ3v) is 3.35. The SMILES string of the molecule is C=CCCCC1(C(=O)OC)CCCC1=C. The first-order valence-corrected chi connectivity index (χ1v) is 5.55. The van der Waals surface area contributed by atoms with Gasteiger partial charge in [-0.2, -0.15) is 0 Å². The molecule has 15 heavy (non-hydrogen) atoms. The van der Waals surface area contributed by atoms with E-state index in [2.05, 4.69) is 13.2 Å². The Bertz CT molecular complexity index is 268. The van der Waals surface area contributed by atoms with Crippen LogP contribution in [0.5, 0.6) is 0 Å². The van der Waals surface area contributed by atoms with Gasteiger partial charge in [-0.3, -0.25) is 4.79 Å². The molecule has 2 heteroatoms. The summed E-state index contributed by atoms with van der Waals surface area (Å²) >= 11 is 0. The molecule has 0 aliphatic heterocycles. The van der Waals surface area contributed by atoms with E-state index in [1.54, 1.807) is 0 Å². The van der Waals surface area contributed by atoms with Crippen LogP contribution in [0.2, 0.25) is 0 Å². The number of hydrogen-bond acceptors (Lipinski definition) is 2. The molecular weight excluding hydrogens is 188 g/mol. The number of methoxy groups -OCH3 is 1. The van der Waals surface area contributed by atoms with Crippen LogP contribution in [0.4, 0.5) is 0 Å². The van der Waals surface area contributed by atoms with Crippen molar-refractivity contribution < 1.29 is 9.53 Å². The molecule has 0 N–H and O–H groups in total. The molecule has 1 atom stereocenters. The molecule has 1 rings (SSSR count). The maximum Gasteiger partial charge on any atom is 0.315 e. The lowest BCUT2D eigenvalue weighted by Gasteiger charge is -2.27. The molecule has 1 saturated carbocycles. The van der Waals surface area contributed by atoms with Gasteiger partial charge in [0.25, 0.3) is 0 Å². The number of unbranched alkanes of at least 4 members (excludes halogenated alkanes) is 1. The van der Waals surface area contributed by atoms with E-state index < -0.39 is 5.41 Å². The van der Waals surface area contributed by atoms with Crippen molar-refractivity contribution in [3.8, 4) is 0 Å². The summed E-state index contributed by atoms with van der Waals surface area (Å²) in [7, 11) is 1.46. The molecule has 0 amide bonds. The van der Waals surface area contributed by atoms with Crippen molar-refractivity contribution in [1.82, 2.24) is 0 Å². The van der Waals surface area contributed by atoms with Crippen LogP contribution in [0.25, 0.3) is 0 Å². The van der Waals surface area contributed by atoms with E-state index in [1.807, 2.05) is 6.08 Å². The smallest absolute Gasteiger partial charge is 0.315 e. The number of carbonyl (C=O) groups excluding carboxylic acids is 1. The molecule has 1 fully saturated rings. The topological polar surface area (TPSA) is 26.3 Å². The Morgan fingerprint density at radius 3 is 2.87 bits per heavy atom. The molecule has 0 aromatic rings. The molecule has 1 aliphatic rings. The highest BCUT2D eigenvalue weighted by Crippen LogP contribution is 2.46. The van der Waals surface area contributed by atoms with Gasteiger partial charge in [-0.15, -0.1) is 6.58 Å². The van der Waals surface area contributed by atoms with Crippen molar-refractivity contribution in [2.24, 2.45) is 5.41 Å². The molecule has 2 nitrogen and oxygen atoms in total. The van der Waals surface area contributed by atoms with Crippen molar-refractivity contribution in [3.63, 3.8) is 0 Å².